The van der Waals surface area contributed by atoms with Crippen molar-refractivity contribution in [2.75, 3.05) is 0 Å². The summed E-state index contributed by atoms with van der Waals surface area (Å²) in [5, 5.41) is 8.80. The number of aromatic nitrogens is 2. The highest BCUT2D eigenvalue weighted by Gasteiger charge is 2.06. The molecule has 0 N–H and O–H groups in total. The molecule has 1 heterocycles. The maximum Gasteiger partial charge on any atom is 0.0992 e. The lowest BCUT2D eigenvalue weighted by atomic mass is 10.1. The average molecular weight is 290 g/mol. The van der Waals surface area contributed by atoms with Crippen LogP contribution in [0.3, 0.4) is 0 Å². The lowest BCUT2D eigenvalue weighted by Crippen LogP contribution is -2.01. The van der Waals surface area contributed by atoms with Crippen molar-refractivity contribution in [3.8, 4) is 6.07 Å². The van der Waals surface area contributed by atoms with Crippen molar-refractivity contribution in [1.29, 1.82) is 5.26 Å². The van der Waals surface area contributed by atoms with E-state index in [9.17, 15) is 0 Å². The van der Waals surface area contributed by atoms with Crippen molar-refractivity contribution in [3.05, 3.63) is 51.5 Å². The van der Waals surface area contributed by atoms with Gasteiger partial charge in [0.15, 0.2) is 0 Å². The predicted octanol–water partition coefficient (Wildman–Crippen LogP) is 3.18. The van der Waals surface area contributed by atoms with Gasteiger partial charge >= 0.3 is 0 Å². The van der Waals surface area contributed by atoms with Gasteiger partial charge in [0.2, 0.25) is 0 Å². The molecule has 2 aromatic rings. The summed E-state index contributed by atoms with van der Waals surface area (Å²) in [6.07, 6.45) is 1.84. The van der Waals surface area contributed by atoms with Crippen LogP contribution in [0.2, 0.25) is 0 Å². The van der Waals surface area contributed by atoms with Crippen LogP contribution in [0, 0.1) is 25.2 Å². The molecule has 0 aliphatic rings. The van der Waals surface area contributed by atoms with E-state index >= 15 is 0 Å². The lowest BCUT2D eigenvalue weighted by Gasteiger charge is -2.08. The molecule has 0 radical (unpaired) electrons. The number of hydrogen-bond acceptors (Lipinski definition) is 2. The number of rotatable bonds is 2. The Kier molecular flexibility index (Phi) is 3.30. The number of nitriles is 1. The van der Waals surface area contributed by atoms with E-state index in [2.05, 4.69) is 38.5 Å². The van der Waals surface area contributed by atoms with Gasteiger partial charge in [-0.15, -0.1) is 0 Å². The molecular formula is C13H12BrN3. The minimum Gasteiger partial charge on any atom is -0.330 e. The summed E-state index contributed by atoms with van der Waals surface area (Å²) in [5.41, 5.74) is 4.03. The third-order valence-electron chi connectivity index (χ3n) is 2.87. The Hall–Kier alpha value is -1.60. The molecule has 1 aromatic heterocycles. The Labute approximate surface area is 109 Å². The first-order valence-corrected chi connectivity index (χ1v) is 6.08. The normalized spacial score (nSPS) is 10.2. The molecule has 0 bridgehead atoms. The van der Waals surface area contributed by atoms with E-state index in [0.717, 1.165) is 22.3 Å². The van der Waals surface area contributed by atoms with Gasteiger partial charge in [0.25, 0.3) is 0 Å². The van der Waals surface area contributed by atoms with Gasteiger partial charge in [-0.05, 0) is 31.5 Å². The molecule has 0 aliphatic carbocycles. The van der Waals surface area contributed by atoms with E-state index in [1.165, 1.54) is 5.69 Å². The lowest BCUT2D eigenvalue weighted by molar-refractivity contribution is 0.766. The average Bonchev–Trinajstić information content (AvgIpc) is 2.63. The molecule has 0 fully saturated rings. The Morgan fingerprint density at radius 3 is 2.71 bits per heavy atom. The van der Waals surface area contributed by atoms with Gasteiger partial charge in [-0.25, -0.2) is 4.98 Å². The van der Waals surface area contributed by atoms with E-state index in [1.807, 2.05) is 31.5 Å². The molecule has 1 aromatic carbocycles. The Bertz CT molecular complexity index is 593. The summed E-state index contributed by atoms with van der Waals surface area (Å²) in [4.78, 5) is 4.27. The summed E-state index contributed by atoms with van der Waals surface area (Å²) in [7, 11) is 0. The standard InChI is InChI=1S/C13H12BrN3/c1-9-10(2)17(8-16-9)7-12-4-3-11(6-15)5-13(12)14/h3-5,8H,7H2,1-2H3. The molecule has 86 valence electrons. The fourth-order valence-electron chi connectivity index (χ4n) is 1.63. The predicted molar refractivity (Wildman–Crippen MR) is 69.7 cm³/mol. The number of imidazole rings is 1. The van der Waals surface area contributed by atoms with E-state index in [-0.39, 0.29) is 0 Å². The Morgan fingerprint density at radius 1 is 1.41 bits per heavy atom. The van der Waals surface area contributed by atoms with Gasteiger partial charge in [0.05, 0.1) is 23.7 Å². The van der Waals surface area contributed by atoms with Gasteiger partial charge in [0, 0.05) is 16.7 Å². The van der Waals surface area contributed by atoms with Crippen molar-refractivity contribution < 1.29 is 0 Å². The third-order valence-corrected chi connectivity index (χ3v) is 3.61. The zero-order valence-electron chi connectivity index (χ0n) is 9.74. The summed E-state index contributed by atoms with van der Waals surface area (Å²) in [6.45, 7) is 4.82. The molecule has 3 nitrogen and oxygen atoms in total. The summed E-state index contributed by atoms with van der Waals surface area (Å²) in [6, 6.07) is 7.77. The monoisotopic (exact) mass is 289 g/mol. The molecular weight excluding hydrogens is 278 g/mol. The number of benzene rings is 1. The minimum atomic E-state index is 0.666. The van der Waals surface area contributed by atoms with Crippen molar-refractivity contribution in [2.45, 2.75) is 20.4 Å². The van der Waals surface area contributed by atoms with Crippen LogP contribution in [-0.2, 0) is 6.54 Å². The van der Waals surface area contributed by atoms with Crippen LogP contribution in [0.25, 0.3) is 0 Å². The van der Waals surface area contributed by atoms with Crippen LogP contribution in [-0.4, -0.2) is 9.55 Å². The molecule has 0 atom stereocenters. The van der Waals surface area contributed by atoms with Gasteiger partial charge < -0.3 is 4.57 Å². The molecule has 2 rings (SSSR count). The molecule has 4 heteroatoms. The quantitative estimate of drug-likeness (QED) is 0.852. The molecule has 0 aliphatic heterocycles. The fourth-order valence-corrected chi connectivity index (χ4v) is 2.14. The van der Waals surface area contributed by atoms with Gasteiger partial charge in [-0.3, -0.25) is 0 Å². The van der Waals surface area contributed by atoms with Crippen LogP contribution >= 0.6 is 15.9 Å². The summed E-state index contributed by atoms with van der Waals surface area (Å²) < 4.78 is 3.06. The molecule has 17 heavy (non-hydrogen) atoms. The number of aryl methyl sites for hydroxylation is 1. The molecule has 0 unspecified atom stereocenters. The second-order valence-corrected chi connectivity index (χ2v) is 4.82. The molecule has 0 spiro atoms. The molecule has 0 saturated carbocycles. The first-order chi connectivity index (χ1) is 8.11. The first-order valence-electron chi connectivity index (χ1n) is 5.28. The third kappa shape index (κ3) is 2.40. The van der Waals surface area contributed by atoms with Gasteiger partial charge in [-0.2, -0.15) is 5.26 Å². The van der Waals surface area contributed by atoms with Crippen molar-refractivity contribution in [1.82, 2.24) is 9.55 Å². The zero-order valence-corrected chi connectivity index (χ0v) is 11.3. The second kappa shape index (κ2) is 4.72. The van der Waals surface area contributed by atoms with Crippen molar-refractivity contribution in [3.63, 3.8) is 0 Å². The maximum atomic E-state index is 8.80. The van der Waals surface area contributed by atoms with Gasteiger partial charge in [-0.1, -0.05) is 22.0 Å². The zero-order chi connectivity index (χ0) is 12.4. The van der Waals surface area contributed by atoms with Crippen LogP contribution in [0.15, 0.2) is 29.0 Å². The largest absolute Gasteiger partial charge is 0.330 e. The fraction of sp³-hybridized carbons (Fsp3) is 0.231. The van der Waals surface area contributed by atoms with Crippen LogP contribution in [0.4, 0.5) is 0 Å². The van der Waals surface area contributed by atoms with E-state index in [0.29, 0.717) is 5.56 Å². The minimum absolute atomic E-state index is 0.666. The number of nitrogens with zero attached hydrogens (tertiary/aromatic N) is 3. The van der Waals surface area contributed by atoms with Crippen LogP contribution < -0.4 is 0 Å². The topological polar surface area (TPSA) is 41.6 Å². The summed E-state index contributed by atoms with van der Waals surface area (Å²) >= 11 is 3.49. The summed E-state index contributed by atoms with van der Waals surface area (Å²) in [5.74, 6) is 0. The highest BCUT2D eigenvalue weighted by atomic mass is 79.9. The first kappa shape index (κ1) is 11.9. The number of halogens is 1. The number of hydrogen-bond donors (Lipinski definition) is 0. The van der Waals surface area contributed by atoms with Crippen LogP contribution in [0.5, 0.6) is 0 Å². The second-order valence-electron chi connectivity index (χ2n) is 3.96. The van der Waals surface area contributed by atoms with Crippen molar-refractivity contribution >= 4 is 15.9 Å². The van der Waals surface area contributed by atoms with E-state index < -0.39 is 0 Å². The Morgan fingerprint density at radius 2 is 2.18 bits per heavy atom. The Balaban J connectivity index is 2.31. The highest BCUT2D eigenvalue weighted by molar-refractivity contribution is 9.10. The van der Waals surface area contributed by atoms with Gasteiger partial charge in [0.1, 0.15) is 0 Å². The molecule has 0 saturated heterocycles. The van der Waals surface area contributed by atoms with E-state index in [1.54, 1.807) is 0 Å². The highest BCUT2D eigenvalue weighted by Crippen LogP contribution is 2.20. The van der Waals surface area contributed by atoms with E-state index in [4.69, 9.17) is 5.26 Å². The smallest absolute Gasteiger partial charge is 0.0992 e. The van der Waals surface area contributed by atoms with Crippen LogP contribution in [0.1, 0.15) is 22.5 Å². The SMILES string of the molecule is Cc1ncn(Cc2ccc(C#N)cc2Br)c1C. The van der Waals surface area contributed by atoms with Crippen molar-refractivity contribution in [2.24, 2.45) is 0 Å². The molecule has 0 amide bonds. The maximum absolute atomic E-state index is 8.80.